The van der Waals surface area contributed by atoms with Crippen LogP contribution in [0.4, 0.5) is 0 Å². The van der Waals surface area contributed by atoms with E-state index in [1.807, 2.05) is 0 Å². The van der Waals surface area contributed by atoms with Crippen LogP contribution in [-0.4, -0.2) is 35.7 Å². The van der Waals surface area contributed by atoms with Crippen LogP contribution in [0.2, 0.25) is 0 Å². The Bertz CT molecular complexity index is 505. The fourth-order valence-corrected chi connectivity index (χ4v) is 5.61. The molecule has 1 saturated heterocycles. The van der Waals surface area contributed by atoms with E-state index in [1.165, 1.54) is 19.4 Å². The Morgan fingerprint density at radius 1 is 1.14 bits per heavy atom. The molecule has 5 nitrogen and oxygen atoms in total. The minimum atomic E-state index is -0.181. The number of fused-ring (bicyclic) bond motifs is 8. The summed E-state index contributed by atoms with van der Waals surface area (Å²) in [6.07, 6.45) is 4.55. The van der Waals surface area contributed by atoms with E-state index in [4.69, 9.17) is 9.57 Å². The minimum absolute atomic E-state index is 0.0751. The Morgan fingerprint density at radius 3 is 2.48 bits per heavy atom. The van der Waals surface area contributed by atoms with E-state index < -0.39 is 0 Å². The van der Waals surface area contributed by atoms with Crippen LogP contribution in [0.25, 0.3) is 0 Å². The Kier molecular flexibility index (Phi) is 2.89. The van der Waals surface area contributed by atoms with Gasteiger partial charge in [-0.1, -0.05) is 6.58 Å². The SMILES string of the molecule is C=CC(=O)N1OCC2C3CC(C4CC(OC(C)=O)CC34)C21. The summed E-state index contributed by atoms with van der Waals surface area (Å²) in [5.41, 5.74) is 0. The second-order valence-corrected chi connectivity index (χ2v) is 6.91. The molecule has 0 spiro atoms. The van der Waals surface area contributed by atoms with Gasteiger partial charge in [0.1, 0.15) is 6.10 Å². The van der Waals surface area contributed by atoms with Crippen LogP contribution in [0, 0.1) is 29.6 Å². The third-order valence-corrected chi connectivity index (χ3v) is 6.09. The third-order valence-electron chi connectivity index (χ3n) is 6.09. The number of hydrogen-bond donors (Lipinski definition) is 0. The van der Waals surface area contributed by atoms with E-state index in [0.29, 0.717) is 36.2 Å². The molecule has 1 heterocycles. The van der Waals surface area contributed by atoms with Gasteiger partial charge >= 0.3 is 5.97 Å². The van der Waals surface area contributed by atoms with Crippen LogP contribution in [0.3, 0.4) is 0 Å². The summed E-state index contributed by atoms with van der Waals surface area (Å²) in [7, 11) is 0. The van der Waals surface area contributed by atoms with Gasteiger partial charge in [0.15, 0.2) is 0 Å². The van der Waals surface area contributed by atoms with E-state index in [9.17, 15) is 9.59 Å². The van der Waals surface area contributed by atoms with Gasteiger partial charge in [0.05, 0.1) is 12.6 Å². The Morgan fingerprint density at radius 2 is 1.81 bits per heavy atom. The Balaban J connectivity index is 1.54. The summed E-state index contributed by atoms with van der Waals surface area (Å²) in [5.74, 6) is 2.48. The summed E-state index contributed by atoms with van der Waals surface area (Å²) in [4.78, 5) is 28.8. The molecule has 3 aliphatic carbocycles. The molecule has 3 saturated carbocycles. The Hall–Kier alpha value is -1.36. The monoisotopic (exact) mass is 291 g/mol. The summed E-state index contributed by atoms with van der Waals surface area (Å²) < 4.78 is 5.42. The van der Waals surface area contributed by atoms with Gasteiger partial charge in [-0.25, -0.2) is 5.06 Å². The fraction of sp³-hybridized carbons (Fsp3) is 0.750. The van der Waals surface area contributed by atoms with Crippen molar-refractivity contribution in [2.75, 3.05) is 6.61 Å². The van der Waals surface area contributed by atoms with Crippen LogP contribution in [-0.2, 0) is 19.2 Å². The molecule has 2 bridgehead atoms. The average Bonchev–Trinajstić information content (AvgIpc) is 3.12. The predicted octanol–water partition coefficient (Wildman–Crippen LogP) is 1.54. The number of rotatable bonds is 2. The first kappa shape index (κ1) is 13.3. The highest BCUT2D eigenvalue weighted by atomic mass is 16.7. The number of hydrogen-bond acceptors (Lipinski definition) is 4. The highest BCUT2D eigenvalue weighted by Crippen LogP contribution is 2.63. The zero-order chi connectivity index (χ0) is 14.7. The minimum Gasteiger partial charge on any atom is -0.463 e. The summed E-state index contributed by atoms with van der Waals surface area (Å²) in [6, 6.07) is 0.206. The molecule has 1 aliphatic heterocycles. The summed E-state index contributed by atoms with van der Waals surface area (Å²) in [5, 5.41) is 1.57. The number of hydroxylamine groups is 2. The van der Waals surface area contributed by atoms with Gasteiger partial charge in [-0.2, -0.15) is 0 Å². The van der Waals surface area contributed by atoms with Crippen molar-refractivity contribution < 1.29 is 19.2 Å². The molecule has 7 atom stereocenters. The molecule has 0 N–H and O–H groups in total. The Labute approximate surface area is 124 Å². The topological polar surface area (TPSA) is 55.8 Å². The van der Waals surface area contributed by atoms with Crippen molar-refractivity contribution >= 4 is 11.9 Å². The molecule has 4 fully saturated rings. The maximum Gasteiger partial charge on any atom is 0.302 e. The van der Waals surface area contributed by atoms with Crippen molar-refractivity contribution in [2.24, 2.45) is 29.6 Å². The van der Waals surface area contributed by atoms with Crippen molar-refractivity contribution in [3.05, 3.63) is 12.7 Å². The molecule has 4 aliphatic rings. The first-order chi connectivity index (χ1) is 10.1. The third kappa shape index (κ3) is 1.79. The fourth-order valence-electron chi connectivity index (χ4n) is 5.61. The highest BCUT2D eigenvalue weighted by molar-refractivity contribution is 5.86. The van der Waals surface area contributed by atoms with Crippen LogP contribution >= 0.6 is 0 Å². The van der Waals surface area contributed by atoms with Crippen molar-refractivity contribution in [3.8, 4) is 0 Å². The quantitative estimate of drug-likeness (QED) is 0.572. The van der Waals surface area contributed by atoms with Gasteiger partial charge in [0.2, 0.25) is 0 Å². The van der Waals surface area contributed by atoms with Crippen molar-refractivity contribution in [1.29, 1.82) is 0 Å². The molecule has 21 heavy (non-hydrogen) atoms. The second kappa shape index (κ2) is 4.57. The molecule has 5 heteroatoms. The molecular weight excluding hydrogens is 270 g/mol. The van der Waals surface area contributed by atoms with Crippen LogP contribution in [0.15, 0.2) is 12.7 Å². The molecular formula is C16H21NO4. The molecule has 4 rings (SSSR count). The smallest absolute Gasteiger partial charge is 0.302 e. The van der Waals surface area contributed by atoms with E-state index in [2.05, 4.69) is 6.58 Å². The molecule has 0 aromatic rings. The van der Waals surface area contributed by atoms with Gasteiger partial charge in [-0.3, -0.25) is 14.4 Å². The number of carbonyl (C=O) groups is 2. The van der Waals surface area contributed by atoms with Gasteiger partial charge in [0.25, 0.3) is 5.91 Å². The molecule has 7 unspecified atom stereocenters. The maximum atomic E-state index is 11.9. The van der Waals surface area contributed by atoms with Crippen LogP contribution in [0.5, 0.6) is 0 Å². The lowest BCUT2D eigenvalue weighted by atomic mass is 9.73. The highest BCUT2D eigenvalue weighted by Gasteiger charge is 2.65. The van der Waals surface area contributed by atoms with Gasteiger partial charge in [-0.05, 0) is 49.0 Å². The second-order valence-electron chi connectivity index (χ2n) is 6.91. The first-order valence-electron chi connectivity index (χ1n) is 7.86. The van der Waals surface area contributed by atoms with E-state index in [-0.39, 0.29) is 24.0 Å². The van der Waals surface area contributed by atoms with E-state index >= 15 is 0 Å². The predicted molar refractivity (Wildman–Crippen MR) is 73.6 cm³/mol. The lowest BCUT2D eigenvalue weighted by Gasteiger charge is -2.35. The molecule has 0 aromatic carbocycles. The lowest BCUT2D eigenvalue weighted by molar-refractivity contribution is -0.175. The molecule has 114 valence electrons. The zero-order valence-corrected chi connectivity index (χ0v) is 12.2. The normalized spacial score (nSPS) is 46.3. The van der Waals surface area contributed by atoms with Gasteiger partial charge in [0, 0.05) is 12.8 Å². The standard InChI is InChI=1S/C16H21NO4/c1-3-15(19)17-16-13-6-12(14(16)7-20-17)10-4-9(5-11(10)13)21-8(2)18/h3,9-14,16H,1,4-7H2,2H3. The van der Waals surface area contributed by atoms with Crippen molar-refractivity contribution in [1.82, 2.24) is 5.06 Å². The molecule has 0 aromatic heterocycles. The molecule has 0 radical (unpaired) electrons. The first-order valence-corrected chi connectivity index (χ1v) is 7.86. The van der Waals surface area contributed by atoms with Crippen molar-refractivity contribution in [3.63, 3.8) is 0 Å². The van der Waals surface area contributed by atoms with Crippen LogP contribution < -0.4 is 0 Å². The summed E-state index contributed by atoms with van der Waals surface area (Å²) >= 11 is 0. The number of esters is 1. The average molecular weight is 291 g/mol. The molecule has 1 amide bonds. The number of nitrogens with zero attached hydrogens (tertiary/aromatic N) is 1. The summed E-state index contributed by atoms with van der Waals surface area (Å²) in [6.45, 7) is 5.69. The van der Waals surface area contributed by atoms with Gasteiger partial charge in [-0.15, -0.1) is 0 Å². The van der Waals surface area contributed by atoms with Crippen LogP contribution in [0.1, 0.15) is 26.2 Å². The largest absolute Gasteiger partial charge is 0.463 e. The number of carbonyl (C=O) groups excluding carboxylic acids is 2. The number of ether oxygens (including phenoxy) is 1. The lowest BCUT2D eigenvalue weighted by Crippen LogP contribution is -2.44. The zero-order valence-electron chi connectivity index (χ0n) is 12.2. The number of amides is 1. The van der Waals surface area contributed by atoms with Gasteiger partial charge < -0.3 is 4.74 Å². The van der Waals surface area contributed by atoms with E-state index in [0.717, 1.165) is 12.8 Å². The van der Waals surface area contributed by atoms with Crippen molar-refractivity contribution in [2.45, 2.75) is 38.3 Å². The maximum absolute atomic E-state index is 11.9. The van der Waals surface area contributed by atoms with E-state index in [1.54, 1.807) is 5.06 Å².